The largest absolute Gasteiger partial charge is 0.467 e. The van der Waals surface area contributed by atoms with Crippen LogP contribution in [0.2, 0.25) is 0 Å². The smallest absolute Gasteiger partial charge is 0.333 e. The lowest BCUT2D eigenvalue weighted by Gasteiger charge is -2.17. The molecule has 0 saturated heterocycles. The summed E-state index contributed by atoms with van der Waals surface area (Å²) in [5, 5.41) is 10.4. The highest BCUT2D eigenvalue weighted by Gasteiger charge is 2.26. The van der Waals surface area contributed by atoms with Gasteiger partial charge in [-0.2, -0.15) is 5.26 Å². The molecule has 7 nitrogen and oxygen atoms in total. The molecule has 8 heteroatoms. The molecule has 23 heavy (non-hydrogen) atoms. The van der Waals surface area contributed by atoms with Crippen molar-refractivity contribution in [1.29, 1.82) is 5.26 Å². The van der Waals surface area contributed by atoms with E-state index in [2.05, 4.69) is 14.8 Å². The Kier molecular flexibility index (Phi) is 7.63. The first-order chi connectivity index (χ1) is 11.0. The van der Waals surface area contributed by atoms with E-state index in [9.17, 15) is 14.4 Å². The van der Waals surface area contributed by atoms with Gasteiger partial charge in [-0.25, -0.2) is 9.59 Å². The standard InChI is InChI=1S/C15H16N2O5S/c1-21-14(19)11(9-23-12(8-16)15(20)22-2)17-13(18)10-6-4-3-5-7-10/h3-7,11-12H,9H2,1-2H3,(H,17,18)/t11-,12?/m1/s1. The van der Waals surface area contributed by atoms with Gasteiger partial charge < -0.3 is 14.8 Å². The number of carbonyl (C=O) groups excluding carboxylic acids is 3. The number of nitriles is 1. The molecule has 1 aromatic rings. The first-order valence-electron chi connectivity index (χ1n) is 6.56. The fourth-order valence-electron chi connectivity index (χ4n) is 1.60. The molecule has 1 amide bonds. The first-order valence-corrected chi connectivity index (χ1v) is 7.61. The van der Waals surface area contributed by atoms with Crippen molar-refractivity contribution in [3.05, 3.63) is 35.9 Å². The zero-order valence-electron chi connectivity index (χ0n) is 12.6. The van der Waals surface area contributed by atoms with Crippen LogP contribution in [0.4, 0.5) is 0 Å². The van der Waals surface area contributed by atoms with Gasteiger partial charge in [-0.1, -0.05) is 18.2 Å². The molecule has 0 radical (unpaired) electrons. The number of amides is 1. The number of methoxy groups -OCH3 is 2. The van der Waals surface area contributed by atoms with E-state index in [-0.39, 0.29) is 5.75 Å². The molecular weight excluding hydrogens is 320 g/mol. The van der Waals surface area contributed by atoms with Crippen LogP contribution in [0.15, 0.2) is 30.3 Å². The summed E-state index contributed by atoms with van der Waals surface area (Å²) in [6.07, 6.45) is 0. The van der Waals surface area contributed by atoms with E-state index in [1.807, 2.05) is 0 Å². The third-order valence-electron chi connectivity index (χ3n) is 2.79. The number of thioether (sulfide) groups is 1. The number of nitrogens with zero attached hydrogens (tertiary/aromatic N) is 1. The Hall–Kier alpha value is -2.53. The lowest BCUT2D eigenvalue weighted by Crippen LogP contribution is -2.43. The van der Waals surface area contributed by atoms with Crippen LogP contribution in [0, 0.1) is 11.3 Å². The fraction of sp³-hybridized carbons (Fsp3) is 0.333. The van der Waals surface area contributed by atoms with E-state index in [0.29, 0.717) is 5.56 Å². The van der Waals surface area contributed by atoms with Crippen molar-refractivity contribution in [3.8, 4) is 6.07 Å². The molecule has 0 saturated carbocycles. The number of benzene rings is 1. The lowest BCUT2D eigenvalue weighted by molar-refractivity contribution is -0.142. The minimum absolute atomic E-state index is 0.00142. The summed E-state index contributed by atoms with van der Waals surface area (Å²) in [6.45, 7) is 0. The molecule has 0 aliphatic heterocycles. The summed E-state index contributed by atoms with van der Waals surface area (Å²) >= 11 is 0.892. The molecule has 0 aliphatic carbocycles. The molecule has 0 aromatic heterocycles. The summed E-state index contributed by atoms with van der Waals surface area (Å²) in [5.41, 5.74) is 0.385. The van der Waals surface area contributed by atoms with Crippen LogP contribution >= 0.6 is 11.8 Å². The summed E-state index contributed by atoms with van der Waals surface area (Å²) in [6, 6.07) is 9.14. The SMILES string of the molecule is COC(=O)C(C#N)SC[C@@H](NC(=O)c1ccccc1)C(=O)OC. The minimum Gasteiger partial charge on any atom is -0.467 e. The Morgan fingerprint density at radius 1 is 1.17 bits per heavy atom. The molecule has 1 unspecified atom stereocenters. The van der Waals surface area contributed by atoms with Gasteiger partial charge in [0, 0.05) is 11.3 Å². The Morgan fingerprint density at radius 3 is 2.30 bits per heavy atom. The maximum atomic E-state index is 12.1. The fourth-order valence-corrected chi connectivity index (χ4v) is 2.51. The molecule has 0 spiro atoms. The normalized spacial score (nSPS) is 12.4. The zero-order chi connectivity index (χ0) is 17.2. The minimum atomic E-state index is -1.08. The molecule has 1 N–H and O–H groups in total. The van der Waals surface area contributed by atoms with E-state index in [1.165, 1.54) is 14.2 Å². The highest BCUT2D eigenvalue weighted by molar-refractivity contribution is 8.00. The van der Waals surface area contributed by atoms with Crippen molar-refractivity contribution in [1.82, 2.24) is 5.32 Å². The second-order valence-electron chi connectivity index (χ2n) is 4.28. The molecule has 0 fully saturated rings. The van der Waals surface area contributed by atoms with Crippen molar-refractivity contribution in [2.45, 2.75) is 11.3 Å². The Balaban J connectivity index is 2.74. The zero-order valence-corrected chi connectivity index (χ0v) is 13.5. The topological polar surface area (TPSA) is 105 Å². The Labute approximate surface area is 137 Å². The highest BCUT2D eigenvalue weighted by Crippen LogP contribution is 2.14. The molecule has 0 aliphatic rings. The number of hydrogen-bond donors (Lipinski definition) is 1. The van der Waals surface area contributed by atoms with E-state index in [4.69, 9.17) is 5.26 Å². The van der Waals surface area contributed by atoms with Crippen LogP contribution < -0.4 is 5.32 Å². The average molecular weight is 336 g/mol. The van der Waals surface area contributed by atoms with Crippen LogP contribution in [0.25, 0.3) is 0 Å². The van der Waals surface area contributed by atoms with Gasteiger partial charge in [-0.15, -0.1) is 11.8 Å². The number of rotatable bonds is 7. The number of carbonyl (C=O) groups is 3. The van der Waals surface area contributed by atoms with Gasteiger partial charge in [0.1, 0.15) is 6.04 Å². The van der Waals surface area contributed by atoms with Gasteiger partial charge in [0.15, 0.2) is 5.25 Å². The second kappa shape index (κ2) is 9.48. The summed E-state index contributed by atoms with van der Waals surface area (Å²) in [7, 11) is 2.36. The number of hydrogen-bond acceptors (Lipinski definition) is 7. The van der Waals surface area contributed by atoms with Crippen molar-refractivity contribution in [2.75, 3.05) is 20.0 Å². The maximum Gasteiger partial charge on any atom is 0.333 e. The van der Waals surface area contributed by atoms with Crippen molar-refractivity contribution in [3.63, 3.8) is 0 Å². The van der Waals surface area contributed by atoms with Gasteiger partial charge in [-0.3, -0.25) is 4.79 Å². The second-order valence-corrected chi connectivity index (χ2v) is 5.42. The number of esters is 2. The first kappa shape index (κ1) is 18.5. The maximum absolute atomic E-state index is 12.1. The third-order valence-corrected chi connectivity index (χ3v) is 3.95. The van der Waals surface area contributed by atoms with Crippen molar-refractivity contribution >= 4 is 29.6 Å². The van der Waals surface area contributed by atoms with Gasteiger partial charge >= 0.3 is 11.9 Å². The molecule has 0 heterocycles. The molecule has 0 bridgehead atoms. The van der Waals surface area contributed by atoms with Crippen LogP contribution in [0.1, 0.15) is 10.4 Å². The van der Waals surface area contributed by atoms with Crippen LogP contribution in [0.3, 0.4) is 0 Å². The molecule has 2 atom stereocenters. The molecule has 122 valence electrons. The van der Waals surface area contributed by atoms with Gasteiger partial charge in [0.2, 0.25) is 0 Å². The van der Waals surface area contributed by atoms with E-state index < -0.39 is 29.1 Å². The van der Waals surface area contributed by atoms with Gasteiger partial charge in [-0.05, 0) is 12.1 Å². The van der Waals surface area contributed by atoms with Gasteiger partial charge in [0.25, 0.3) is 5.91 Å². The predicted molar refractivity (Wildman–Crippen MR) is 83.6 cm³/mol. The van der Waals surface area contributed by atoms with Crippen molar-refractivity contribution in [2.24, 2.45) is 0 Å². The van der Waals surface area contributed by atoms with Crippen molar-refractivity contribution < 1.29 is 23.9 Å². The Bertz CT molecular complexity index is 600. The molecular formula is C15H16N2O5S. The van der Waals surface area contributed by atoms with Gasteiger partial charge in [0.05, 0.1) is 20.3 Å². The van der Waals surface area contributed by atoms with E-state index in [0.717, 1.165) is 11.8 Å². The third kappa shape index (κ3) is 5.64. The highest BCUT2D eigenvalue weighted by atomic mass is 32.2. The quantitative estimate of drug-likeness (QED) is 0.733. The molecule has 1 rings (SSSR count). The van der Waals surface area contributed by atoms with Crippen LogP contribution in [-0.2, 0) is 19.1 Å². The lowest BCUT2D eigenvalue weighted by atomic mass is 10.2. The number of ether oxygens (including phenoxy) is 2. The average Bonchev–Trinajstić information content (AvgIpc) is 2.60. The van der Waals surface area contributed by atoms with Crippen LogP contribution in [0.5, 0.6) is 0 Å². The number of nitrogens with one attached hydrogen (secondary N) is 1. The van der Waals surface area contributed by atoms with E-state index in [1.54, 1.807) is 36.4 Å². The predicted octanol–water partition coefficient (Wildman–Crippen LogP) is 0.756. The summed E-state index contributed by atoms with van der Waals surface area (Å²) < 4.78 is 9.12. The van der Waals surface area contributed by atoms with Crippen LogP contribution in [-0.4, -0.2) is 49.1 Å². The Morgan fingerprint density at radius 2 is 1.78 bits per heavy atom. The monoisotopic (exact) mass is 336 g/mol. The van der Waals surface area contributed by atoms with E-state index >= 15 is 0 Å². The summed E-state index contributed by atoms with van der Waals surface area (Å²) in [5.74, 6) is -1.83. The summed E-state index contributed by atoms with van der Waals surface area (Å²) in [4.78, 5) is 35.2. The molecule has 1 aromatic carbocycles.